The van der Waals surface area contributed by atoms with Crippen molar-refractivity contribution >= 4 is 21.9 Å². The largest absolute Gasteiger partial charge is 0.333 e. The average Bonchev–Trinajstić information content (AvgIpc) is 2.76. The second-order valence-corrected chi connectivity index (χ2v) is 10.6. The molecule has 6 nitrogen and oxygen atoms in total. The summed E-state index contributed by atoms with van der Waals surface area (Å²) < 4.78 is 28.8. The van der Waals surface area contributed by atoms with Gasteiger partial charge in [0.2, 0.25) is 0 Å². The SMILES string of the molecule is CCCCCCCCCCCCCCCCCC(C)NS(=O)(=O)NC(=O)Nc1ccccc1. The molecule has 1 aromatic rings. The quantitative estimate of drug-likeness (QED) is 0.171. The summed E-state index contributed by atoms with van der Waals surface area (Å²) in [5.74, 6) is 0. The third kappa shape index (κ3) is 17.5. The molecule has 0 saturated heterocycles. The fourth-order valence-electron chi connectivity index (χ4n) is 3.98. The number of carbonyl (C=O) groups is 1. The molecule has 0 heterocycles. The summed E-state index contributed by atoms with van der Waals surface area (Å²) in [5.41, 5.74) is 0.538. The van der Waals surface area contributed by atoms with E-state index in [0.717, 1.165) is 19.3 Å². The van der Waals surface area contributed by atoms with Crippen molar-refractivity contribution < 1.29 is 13.2 Å². The van der Waals surface area contributed by atoms with Gasteiger partial charge in [-0.3, -0.25) is 0 Å². The van der Waals surface area contributed by atoms with Crippen LogP contribution in [0.15, 0.2) is 30.3 Å². The highest BCUT2D eigenvalue weighted by molar-refractivity contribution is 7.88. The number of nitrogens with one attached hydrogen (secondary N) is 3. The standard InChI is InChI=1S/C26H47N3O3S/c1-3-4-5-6-7-8-9-10-11-12-13-14-15-16-18-21-24(2)28-33(31,32)29-26(30)27-25-22-19-17-20-23-25/h17,19-20,22-24,28H,3-16,18,21H2,1-2H3,(H2,27,29,30). The van der Waals surface area contributed by atoms with E-state index in [4.69, 9.17) is 0 Å². The number of amides is 2. The lowest BCUT2D eigenvalue weighted by atomic mass is 10.0. The molecule has 3 N–H and O–H groups in total. The molecule has 0 saturated carbocycles. The van der Waals surface area contributed by atoms with E-state index >= 15 is 0 Å². The number of hydrogen-bond donors (Lipinski definition) is 3. The van der Waals surface area contributed by atoms with Gasteiger partial charge in [0.05, 0.1) is 0 Å². The Bertz CT molecular complexity index is 711. The van der Waals surface area contributed by atoms with E-state index in [-0.39, 0.29) is 6.04 Å². The summed E-state index contributed by atoms with van der Waals surface area (Å²) in [6.45, 7) is 4.10. The normalized spacial score (nSPS) is 12.4. The summed E-state index contributed by atoms with van der Waals surface area (Å²) in [6, 6.07) is 7.75. The van der Waals surface area contributed by atoms with Gasteiger partial charge in [-0.25, -0.2) is 9.52 Å². The number of carbonyl (C=O) groups excluding carboxylic acids is 1. The minimum absolute atomic E-state index is 0.214. The molecule has 0 bridgehead atoms. The molecule has 33 heavy (non-hydrogen) atoms. The molecule has 1 atom stereocenters. The lowest BCUT2D eigenvalue weighted by Gasteiger charge is -2.15. The van der Waals surface area contributed by atoms with Gasteiger partial charge in [-0.05, 0) is 25.5 Å². The molecular formula is C26H47N3O3S. The summed E-state index contributed by atoms with van der Waals surface area (Å²) >= 11 is 0. The van der Waals surface area contributed by atoms with Crippen molar-refractivity contribution in [1.82, 2.24) is 9.44 Å². The highest BCUT2D eigenvalue weighted by Gasteiger charge is 2.17. The third-order valence-corrected chi connectivity index (χ3v) is 7.02. The van der Waals surface area contributed by atoms with Crippen LogP contribution in [0.4, 0.5) is 10.5 Å². The van der Waals surface area contributed by atoms with Gasteiger partial charge in [0.15, 0.2) is 0 Å². The van der Waals surface area contributed by atoms with Crippen LogP contribution in [0.5, 0.6) is 0 Å². The maximum absolute atomic E-state index is 12.1. The van der Waals surface area contributed by atoms with E-state index in [2.05, 4.69) is 17.0 Å². The van der Waals surface area contributed by atoms with Gasteiger partial charge < -0.3 is 5.32 Å². The molecule has 1 rings (SSSR count). The second kappa shape index (κ2) is 18.8. The van der Waals surface area contributed by atoms with Crippen molar-refractivity contribution in [2.75, 3.05) is 5.32 Å². The van der Waals surface area contributed by atoms with Crippen LogP contribution >= 0.6 is 0 Å². The number of rotatable bonds is 20. The molecule has 2 amide bonds. The lowest BCUT2D eigenvalue weighted by molar-refractivity contribution is 0.256. The van der Waals surface area contributed by atoms with Crippen molar-refractivity contribution in [3.8, 4) is 0 Å². The molecule has 0 aliphatic rings. The number of unbranched alkanes of at least 4 members (excludes halogenated alkanes) is 14. The van der Waals surface area contributed by atoms with Crippen molar-refractivity contribution in [3.05, 3.63) is 30.3 Å². The van der Waals surface area contributed by atoms with Crippen LogP contribution in [-0.2, 0) is 10.2 Å². The fraction of sp³-hybridized carbons (Fsp3) is 0.731. The zero-order valence-corrected chi connectivity index (χ0v) is 21.7. The number of urea groups is 1. The number of hydrogen-bond acceptors (Lipinski definition) is 3. The summed E-state index contributed by atoms with van der Waals surface area (Å²) in [5, 5.41) is 2.50. The first kappa shape index (κ1) is 29.4. The summed E-state index contributed by atoms with van der Waals surface area (Å²) in [4.78, 5) is 11.9. The Morgan fingerprint density at radius 2 is 1.21 bits per heavy atom. The van der Waals surface area contributed by atoms with Gasteiger partial charge in [0.1, 0.15) is 0 Å². The Morgan fingerprint density at radius 1 is 0.758 bits per heavy atom. The van der Waals surface area contributed by atoms with E-state index < -0.39 is 16.2 Å². The first-order valence-electron chi connectivity index (χ1n) is 13.1. The first-order valence-corrected chi connectivity index (χ1v) is 14.6. The number of para-hydroxylation sites is 1. The molecule has 0 aromatic heterocycles. The third-order valence-electron chi connectivity index (χ3n) is 5.86. The van der Waals surface area contributed by atoms with Gasteiger partial charge in [-0.15, -0.1) is 0 Å². The van der Waals surface area contributed by atoms with E-state index in [1.54, 1.807) is 24.3 Å². The van der Waals surface area contributed by atoms with Crippen LogP contribution in [0.2, 0.25) is 0 Å². The molecule has 7 heteroatoms. The molecule has 0 aliphatic heterocycles. The highest BCUT2D eigenvalue weighted by Crippen LogP contribution is 2.14. The minimum atomic E-state index is -3.88. The molecule has 0 aliphatic carbocycles. The summed E-state index contributed by atoms with van der Waals surface area (Å²) in [7, 11) is -3.88. The average molecular weight is 482 g/mol. The van der Waals surface area contributed by atoms with Crippen LogP contribution in [-0.4, -0.2) is 20.5 Å². The first-order chi connectivity index (χ1) is 15.9. The Hall–Kier alpha value is -1.60. The van der Waals surface area contributed by atoms with Crippen molar-refractivity contribution in [2.24, 2.45) is 0 Å². The molecule has 0 fully saturated rings. The number of benzene rings is 1. The van der Waals surface area contributed by atoms with Crippen LogP contribution < -0.4 is 14.8 Å². The highest BCUT2D eigenvalue weighted by atomic mass is 32.2. The fourth-order valence-corrected chi connectivity index (χ4v) is 4.98. The Balaban J connectivity index is 1.96. The van der Waals surface area contributed by atoms with Crippen molar-refractivity contribution in [3.63, 3.8) is 0 Å². The van der Waals surface area contributed by atoms with E-state index in [1.165, 1.54) is 83.5 Å². The summed E-state index contributed by atoms with van der Waals surface area (Å²) in [6.07, 6.45) is 20.4. The Kier molecular flexibility index (Phi) is 16.8. The predicted molar refractivity (Wildman–Crippen MR) is 140 cm³/mol. The maximum Gasteiger partial charge on any atom is 0.333 e. The van der Waals surface area contributed by atoms with Crippen LogP contribution in [0.3, 0.4) is 0 Å². The van der Waals surface area contributed by atoms with E-state index in [0.29, 0.717) is 5.69 Å². The van der Waals surface area contributed by atoms with Gasteiger partial charge in [-0.1, -0.05) is 121 Å². The lowest BCUT2D eigenvalue weighted by Crippen LogP contribution is -2.45. The Morgan fingerprint density at radius 3 is 1.70 bits per heavy atom. The molecule has 0 spiro atoms. The van der Waals surface area contributed by atoms with Gasteiger partial charge >= 0.3 is 16.2 Å². The van der Waals surface area contributed by atoms with Gasteiger partial charge in [-0.2, -0.15) is 13.1 Å². The molecular weight excluding hydrogens is 434 g/mol. The van der Waals surface area contributed by atoms with Crippen LogP contribution in [0, 0.1) is 0 Å². The van der Waals surface area contributed by atoms with Crippen molar-refractivity contribution in [1.29, 1.82) is 0 Å². The smallest absolute Gasteiger partial charge is 0.307 e. The van der Waals surface area contributed by atoms with Crippen LogP contribution in [0.1, 0.15) is 117 Å². The number of anilines is 1. The topological polar surface area (TPSA) is 87.3 Å². The zero-order valence-electron chi connectivity index (χ0n) is 20.9. The van der Waals surface area contributed by atoms with Crippen molar-refractivity contribution in [2.45, 2.75) is 123 Å². The van der Waals surface area contributed by atoms with Gasteiger partial charge in [0, 0.05) is 11.7 Å². The monoisotopic (exact) mass is 481 g/mol. The molecule has 0 radical (unpaired) electrons. The van der Waals surface area contributed by atoms with E-state index in [1.807, 2.05) is 17.7 Å². The Labute approximate surface area is 202 Å². The van der Waals surface area contributed by atoms with Crippen LogP contribution in [0.25, 0.3) is 0 Å². The van der Waals surface area contributed by atoms with E-state index in [9.17, 15) is 13.2 Å². The molecule has 190 valence electrons. The maximum atomic E-state index is 12.1. The minimum Gasteiger partial charge on any atom is -0.307 e. The second-order valence-electron chi connectivity index (χ2n) is 9.18. The zero-order chi connectivity index (χ0) is 24.2. The van der Waals surface area contributed by atoms with Gasteiger partial charge in [0.25, 0.3) is 0 Å². The molecule has 1 aromatic carbocycles. The predicted octanol–water partition coefficient (Wildman–Crippen LogP) is 7.29. The molecule has 1 unspecified atom stereocenters.